The van der Waals surface area contributed by atoms with Crippen LogP contribution in [0.5, 0.6) is 0 Å². The molecule has 1 amide bonds. The number of hydrogen-bond acceptors (Lipinski definition) is 3. The van der Waals surface area contributed by atoms with Crippen LogP contribution in [-0.2, 0) is 16.0 Å². The summed E-state index contributed by atoms with van der Waals surface area (Å²) in [7, 11) is 0. The Morgan fingerprint density at radius 2 is 2.21 bits per heavy atom. The first-order valence-electron chi connectivity index (χ1n) is 6.83. The van der Waals surface area contributed by atoms with E-state index in [0.717, 1.165) is 19.3 Å². The van der Waals surface area contributed by atoms with Gasteiger partial charge in [-0.1, -0.05) is 30.3 Å². The molecule has 1 fully saturated rings. The molecule has 0 bridgehead atoms. The van der Waals surface area contributed by atoms with Crippen molar-refractivity contribution in [2.45, 2.75) is 37.8 Å². The van der Waals surface area contributed by atoms with Crippen molar-refractivity contribution >= 4 is 5.91 Å². The van der Waals surface area contributed by atoms with E-state index in [-0.39, 0.29) is 11.9 Å². The summed E-state index contributed by atoms with van der Waals surface area (Å²) in [5.41, 5.74) is 6.26. The molecule has 104 valence electrons. The van der Waals surface area contributed by atoms with Crippen LogP contribution < -0.4 is 11.1 Å². The Hall–Kier alpha value is -1.39. The summed E-state index contributed by atoms with van der Waals surface area (Å²) in [6, 6.07) is 10.0. The van der Waals surface area contributed by atoms with Crippen molar-refractivity contribution < 1.29 is 9.53 Å². The number of nitrogens with one attached hydrogen (secondary N) is 1. The maximum atomic E-state index is 12.2. The van der Waals surface area contributed by atoms with E-state index in [2.05, 4.69) is 5.32 Å². The first-order valence-corrected chi connectivity index (χ1v) is 6.83. The predicted octanol–water partition coefficient (Wildman–Crippen LogP) is 1.24. The van der Waals surface area contributed by atoms with Crippen LogP contribution in [-0.4, -0.2) is 30.7 Å². The second kappa shape index (κ2) is 6.17. The van der Waals surface area contributed by atoms with Crippen molar-refractivity contribution in [3.63, 3.8) is 0 Å². The average Bonchev–Trinajstić information content (AvgIpc) is 2.87. The lowest BCUT2D eigenvalue weighted by molar-refractivity contribution is -0.140. The molecule has 1 aliphatic heterocycles. The van der Waals surface area contributed by atoms with Gasteiger partial charge in [-0.25, -0.2) is 0 Å². The van der Waals surface area contributed by atoms with E-state index in [1.807, 2.05) is 37.3 Å². The molecule has 0 aliphatic carbocycles. The minimum absolute atomic E-state index is 0.0450. The molecule has 1 aliphatic rings. The monoisotopic (exact) mass is 262 g/mol. The van der Waals surface area contributed by atoms with E-state index in [1.165, 1.54) is 5.56 Å². The normalized spacial score (nSPS) is 24.1. The highest BCUT2D eigenvalue weighted by molar-refractivity contribution is 5.85. The SMILES string of the molecule is CC1(C(=O)NC(CN)Cc2ccccc2)CCCO1. The fraction of sp³-hybridized carbons (Fsp3) is 0.533. The van der Waals surface area contributed by atoms with Crippen molar-refractivity contribution in [1.82, 2.24) is 5.32 Å². The maximum absolute atomic E-state index is 12.2. The quantitative estimate of drug-likeness (QED) is 0.839. The molecule has 1 aromatic carbocycles. The van der Waals surface area contributed by atoms with Crippen LogP contribution in [0.2, 0.25) is 0 Å². The van der Waals surface area contributed by atoms with Crippen molar-refractivity contribution in [2.75, 3.05) is 13.2 Å². The molecule has 0 spiro atoms. The number of benzene rings is 1. The Morgan fingerprint density at radius 1 is 1.47 bits per heavy atom. The first kappa shape index (κ1) is 14.0. The standard InChI is InChI=1S/C15H22N2O2/c1-15(8-5-9-19-15)14(18)17-13(11-16)10-12-6-3-2-4-7-12/h2-4,6-7,13H,5,8-11,16H2,1H3,(H,17,18). The smallest absolute Gasteiger partial charge is 0.252 e. The summed E-state index contributed by atoms with van der Waals surface area (Å²) in [5.74, 6) is -0.0450. The molecular weight excluding hydrogens is 240 g/mol. The fourth-order valence-electron chi connectivity index (χ4n) is 2.39. The lowest BCUT2D eigenvalue weighted by Gasteiger charge is -2.26. The highest BCUT2D eigenvalue weighted by Gasteiger charge is 2.38. The van der Waals surface area contributed by atoms with Crippen LogP contribution in [0.3, 0.4) is 0 Å². The Bertz CT molecular complexity index is 413. The number of rotatable bonds is 5. The molecule has 1 heterocycles. The Labute approximate surface area is 114 Å². The van der Waals surface area contributed by atoms with Gasteiger partial charge in [0.15, 0.2) is 0 Å². The summed E-state index contributed by atoms with van der Waals surface area (Å²) in [5, 5.41) is 3.01. The number of carbonyl (C=O) groups is 1. The van der Waals surface area contributed by atoms with E-state index in [9.17, 15) is 4.79 Å². The molecular formula is C15H22N2O2. The van der Waals surface area contributed by atoms with Gasteiger partial charge in [-0.2, -0.15) is 0 Å². The van der Waals surface area contributed by atoms with Crippen molar-refractivity contribution in [1.29, 1.82) is 0 Å². The maximum Gasteiger partial charge on any atom is 0.252 e. The summed E-state index contributed by atoms with van der Waals surface area (Å²) >= 11 is 0. The number of ether oxygens (including phenoxy) is 1. The minimum Gasteiger partial charge on any atom is -0.365 e. The van der Waals surface area contributed by atoms with Crippen LogP contribution in [0.25, 0.3) is 0 Å². The largest absolute Gasteiger partial charge is 0.365 e. The first-order chi connectivity index (χ1) is 9.14. The van der Waals surface area contributed by atoms with Gasteiger partial charge in [0.05, 0.1) is 0 Å². The second-order valence-corrected chi connectivity index (χ2v) is 5.28. The highest BCUT2D eigenvalue weighted by Crippen LogP contribution is 2.25. The molecule has 1 aromatic rings. The van der Waals surface area contributed by atoms with E-state index in [0.29, 0.717) is 13.2 Å². The van der Waals surface area contributed by atoms with E-state index >= 15 is 0 Å². The third-order valence-corrected chi connectivity index (χ3v) is 3.64. The summed E-state index contributed by atoms with van der Waals surface area (Å²) in [6.45, 7) is 2.94. The van der Waals surface area contributed by atoms with Gasteiger partial charge < -0.3 is 15.8 Å². The van der Waals surface area contributed by atoms with Gasteiger partial charge in [0.1, 0.15) is 5.60 Å². The van der Waals surface area contributed by atoms with Crippen LogP contribution in [0, 0.1) is 0 Å². The van der Waals surface area contributed by atoms with E-state index in [4.69, 9.17) is 10.5 Å². The Morgan fingerprint density at radius 3 is 2.79 bits per heavy atom. The zero-order valence-electron chi connectivity index (χ0n) is 11.4. The predicted molar refractivity (Wildman–Crippen MR) is 74.7 cm³/mol. The van der Waals surface area contributed by atoms with Gasteiger partial charge in [0.25, 0.3) is 5.91 Å². The van der Waals surface area contributed by atoms with E-state index < -0.39 is 5.60 Å². The Balaban J connectivity index is 1.94. The Kier molecular flexibility index (Phi) is 4.56. The van der Waals surface area contributed by atoms with Crippen LogP contribution >= 0.6 is 0 Å². The summed E-state index contributed by atoms with van der Waals surface area (Å²) in [4.78, 5) is 12.2. The number of amides is 1. The molecule has 0 saturated carbocycles. The summed E-state index contributed by atoms with van der Waals surface area (Å²) < 4.78 is 5.54. The molecule has 4 nitrogen and oxygen atoms in total. The van der Waals surface area contributed by atoms with Crippen LogP contribution in [0.4, 0.5) is 0 Å². The van der Waals surface area contributed by atoms with Gasteiger partial charge in [-0.3, -0.25) is 4.79 Å². The van der Waals surface area contributed by atoms with Crippen molar-refractivity contribution in [3.05, 3.63) is 35.9 Å². The lowest BCUT2D eigenvalue weighted by Crippen LogP contribution is -2.51. The van der Waals surface area contributed by atoms with Crippen LogP contribution in [0.1, 0.15) is 25.3 Å². The van der Waals surface area contributed by atoms with Gasteiger partial charge in [-0.05, 0) is 31.7 Å². The third-order valence-electron chi connectivity index (χ3n) is 3.64. The molecule has 0 aromatic heterocycles. The van der Waals surface area contributed by atoms with E-state index in [1.54, 1.807) is 0 Å². The van der Waals surface area contributed by atoms with Gasteiger partial charge in [-0.15, -0.1) is 0 Å². The lowest BCUT2D eigenvalue weighted by atomic mass is 10.00. The second-order valence-electron chi connectivity index (χ2n) is 5.28. The van der Waals surface area contributed by atoms with Gasteiger partial charge in [0, 0.05) is 19.2 Å². The molecule has 1 saturated heterocycles. The zero-order valence-corrected chi connectivity index (χ0v) is 11.4. The fourth-order valence-corrected chi connectivity index (χ4v) is 2.39. The zero-order chi connectivity index (χ0) is 13.7. The van der Waals surface area contributed by atoms with Crippen LogP contribution in [0.15, 0.2) is 30.3 Å². The number of carbonyl (C=O) groups excluding carboxylic acids is 1. The topological polar surface area (TPSA) is 64.4 Å². The number of hydrogen-bond donors (Lipinski definition) is 2. The molecule has 0 radical (unpaired) electrons. The van der Waals surface area contributed by atoms with Gasteiger partial charge >= 0.3 is 0 Å². The molecule has 2 atom stereocenters. The minimum atomic E-state index is -0.676. The molecule has 3 N–H and O–H groups in total. The number of nitrogens with two attached hydrogens (primary N) is 1. The molecule has 2 unspecified atom stereocenters. The van der Waals surface area contributed by atoms with Crippen molar-refractivity contribution in [2.24, 2.45) is 5.73 Å². The van der Waals surface area contributed by atoms with Gasteiger partial charge in [0.2, 0.25) is 0 Å². The molecule has 4 heteroatoms. The average molecular weight is 262 g/mol. The highest BCUT2D eigenvalue weighted by atomic mass is 16.5. The molecule has 2 rings (SSSR count). The third kappa shape index (κ3) is 3.55. The molecule has 19 heavy (non-hydrogen) atoms. The van der Waals surface area contributed by atoms with Crippen molar-refractivity contribution in [3.8, 4) is 0 Å². The summed E-state index contributed by atoms with van der Waals surface area (Å²) in [6.07, 6.45) is 2.47.